The van der Waals surface area contributed by atoms with Crippen LogP contribution in [-0.2, 0) is 12.8 Å². The highest BCUT2D eigenvalue weighted by Gasteiger charge is 2.04. The zero-order chi connectivity index (χ0) is 13.1. The van der Waals surface area contributed by atoms with Gasteiger partial charge in [0.25, 0.3) is 0 Å². The van der Waals surface area contributed by atoms with Crippen molar-refractivity contribution in [2.75, 3.05) is 0 Å². The first-order valence-corrected chi connectivity index (χ1v) is 5.69. The van der Waals surface area contributed by atoms with Gasteiger partial charge in [0, 0.05) is 16.8 Å². The molecule has 0 aliphatic heterocycles. The summed E-state index contributed by atoms with van der Waals surface area (Å²) in [6.07, 6.45) is 0.829. The van der Waals surface area contributed by atoms with Crippen molar-refractivity contribution in [3.8, 4) is 0 Å². The van der Waals surface area contributed by atoms with Crippen LogP contribution in [0.1, 0.15) is 11.3 Å². The Morgan fingerprint density at radius 3 is 2.56 bits per heavy atom. The van der Waals surface area contributed by atoms with E-state index in [9.17, 15) is 14.0 Å². The van der Waals surface area contributed by atoms with Gasteiger partial charge in [0.05, 0.1) is 0 Å². The summed E-state index contributed by atoms with van der Waals surface area (Å²) in [6.45, 7) is 0. The molecule has 2 N–H and O–H groups in total. The van der Waals surface area contributed by atoms with Crippen molar-refractivity contribution in [2.24, 2.45) is 0 Å². The van der Waals surface area contributed by atoms with Crippen molar-refractivity contribution in [3.05, 3.63) is 66.9 Å². The van der Waals surface area contributed by atoms with E-state index in [4.69, 9.17) is 11.6 Å². The van der Waals surface area contributed by atoms with Gasteiger partial charge < -0.3 is 5.10 Å². The zero-order valence-electron chi connectivity index (χ0n) is 9.30. The second-order valence-electron chi connectivity index (χ2n) is 3.85. The number of benzene rings is 1. The number of halogens is 2. The normalized spacial score (nSPS) is 10.6. The first kappa shape index (κ1) is 12.6. The summed E-state index contributed by atoms with van der Waals surface area (Å²) in [7, 11) is 0. The summed E-state index contributed by atoms with van der Waals surface area (Å²) in [4.78, 5) is 22.0. The molecule has 0 atom stereocenters. The molecule has 1 heterocycles. The fourth-order valence-electron chi connectivity index (χ4n) is 1.59. The molecule has 6 heteroatoms. The molecule has 0 saturated heterocycles. The Bertz CT molecular complexity index is 678. The van der Waals surface area contributed by atoms with Gasteiger partial charge in [0.1, 0.15) is 5.82 Å². The lowest BCUT2D eigenvalue weighted by Gasteiger charge is -2.03. The topological polar surface area (TPSA) is 65.7 Å². The van der Waals surface area contributed by atoms with E-state index >= 15 is 0 Å². The number of aryl methyl sites for hydroxylation is 2. The Kier molecular flexibility index (Phi) is 3.62. The van der Waals surface area contributed by atoms with Gasteiger partial charge in [-0.2, -0.15) is 0 Å². The van der Waals surface area contributed by atoms with Crippen LogP contribution in [0.25, 0.3) is 0 Å². The molecule has 0 aliphatic rings. The number of hydrogen-bond acceptors (Lipinski definition) is 2. The number of aromatic nitrogens is 2. The minimum absolute atomic E-state index is 0.341. The molecule has 0 unspecified atom stereocenters. The van der Waals surface area contributed by atoms with E-state index in [-0.39, 0.29) is 5.82 Å². The predicted molar refractivity (Wildman–Crippen MR) is 66.5 cm³/mol. The maximum Gasteiger partial charge on any atom is 0.310 e. The molecule has 0 aliphatic carbocycles. The minimum Gasteiger partial charge on any atom is -0.302 e. The summed E-state index contributed by atoms with van der Waals surface area (Å²) in [5.74, 6) is -0.380. The third-order valence-corrected chi connectivity index (χ3v) is 2.78. The average Bonchev–Trinajstić information content (AvgIpc) is 2.32. The van der Waals surface area contributed by atoms with E-state index in [1.54, 1.807) is 12.1 Å². The molecule has 2 aromatic rings. The maximum atomic E-state index is 13.5. The molecule has 94 valence electrons. The number of H-pyrrole nitrogens is 2. The van der Waals surface area contributed by atoms with Gasteiger partial charge in [-0.25, -0.2) is 4.39 Å². The van der Waals surface area contributed by atoms with Crippen LogP contribution in [0.2, 0.25) is 5.02 Å². The summed E-state index contributed by atoms with van der Waals surface area (Å²) in [6, 6.07) is 5.66. The summed E-state index contributed by atoms with van der Waals surface area (Å²) >= 11 is 5.65. The van der Waals surface area contributed by atoms with Crippen LogP contribution in [0, 0.1) is 5.82 Å². The van der Waals surface area contributed by atoms with Crippen LogP contribution in [0.4, 0.5) is 4.39 Å². The molecule has 0 spiro atoms. The molecular weight excluding hydrogens is 259 g/mol. The Hall–Kier alpha value is -1.88. The van der Waals surface area contributed by atoms with E-state index in [1.807, 2.05) is 0 Å². The Morgan fingerprint density at radius 1 is 1.11 bits per heavy atom. The van der Waals surface area contributed by atoms with Crippen molar-refractivity contribution in [3.63, 3.8) is 0 Å². The van der Waals surface area contributed by atoms with Gasteiger partial charge in [-0.05, 0) is 30.5 Å². The minimum atomic E-state index is -0.698. The van der Waals surface area contributed by atoms with Gasteiger partial charge in [0.2, 0.25) is 5.43 Å². The van der Waals surface area contributed by atoms with Crippen LogP contribution >= 0.6 is 11.6 Å². The summed E-state index contributed by atoms with van der Waals surface area (Å²) in [5, 5.41) is 5.15. The standard InChI is InChI=1S/C12H10ClFN2O2/c13-8-3-1-7(10(14)5-8)2-4-9-6-11(17)12(18)16-15-9/h1,3,5-6H,2,4H2,(H,15,17)(H,16,18). The number of aromatic amines is 2. The molecule has 2 rings (SSSR count). The third kappa shape index (κ3) is 2.87. The highest BCUT2D eigenvalue weighted by atomic mass is 35.5. The van der Waals surface area contributed by atoms with Gasteiger partial charge >= 0.3 is 5.56 Å². The predicted octanol–water partition coefficient (Wildman–Crippen LogP) is 1.64. The van der Waals surface area contributed by atoms with Gasteiger partial charge in [0.15, 0.2) is 0 Å². The molecule has 0 fully saturated rings. The van der Waals surface area contributed by atoms with Gasteiger partial charge in [-0.1, -0.05) is 17.7 Å². The maximum absolute atomic E-state index is 13.5. The first-order chi connectivity index (χ1) is 8.56. The lowest BCUT2D eigenvalue weighted by Crippen LogP contribution is -2.27. The summed E-state index contributed by atoms with van der Waals surface area (Å²) in [5.41, 5.74) is -0.253. The van der Waals surface area contributed by atoms with Crippen LogP contribution < -0.4 is 11.0 Å². The molecule has 1 aromatic heterocycles. The Morgan fingerprint density at radius 2 is 1.89 bits per heavy atom. The fourth-order valence-corrected chi connectivity index (χ4v) is 1.75. The highest BCUT2D eigenvalue weighted by molar-refractivity contribution is 6.30. The van der Waals surface area contributed by atoms with Crippen molar-refractivity contribution in [2.45, 2.75) is 12.8 Å². The van der Waals surface area contributed by atoms with Crippen LogP contribution in [0.3, 0.4) is 0 Å². The van der Waals surface area contributed by atoms with Crippen LogP contribution in [-0.4, -0.2) is 10.2 Å². The quantitative estimate of drug-likeness (QED) is 0.831. The van der Waals surface area contributed by atoms with E-state index in [1.165, 1.54) is 12.1 Å². The van der Waals surface area contributed by atoms with Crippen molar-refractivity contribution >= 4 is 11.6 Å². The van der Waals surface area contributed by atoms with Crippen LogP contribution in [0.5, 0.6) is 0 Å². The van der Waals surface area contributed by atoms with E-state index in [0.29, 0.717) is 29.1 Å². The monoisotopic (exact) mass is 268 g/mol. The largest absolute Gasteiger partial charge is 0.310 e. The molecule has 0 radical (unpaired) electrons. The van der Waals surface area contributed by atoms with Gasteiger partial charge in [-0.15, -0.1) is 0 Å². The zero-order valence-corrected chi connectivity index (χ0v) is 10.1. The van der Waals surface area contributed by atoms with E-state index in [0.717, 1.165) is 0 Å². The highest BCUT2D eigenvalue weighted by Crippen LogP contribution is 2.15. The first-order valence-electron chi connectivity index (χ1n) is 5.31. The second-order valence-corrected chi connectivity index (χ2v) is 4.29. The molecular formula is C12H10ClFN2O2. The van der Waals surface area contributed by atoms with Gasteiger partial charge in [-0.3, -0.25) is 14.7 Å². The molecule has 0 saturated carbocycles. The van der Waals surface area contributed by atoms with Crippen molar-refractivity contribution in [1.29, 1.82) is 0 Å². The van der Waals surface area contributed by atoms with E-state index in [2.05, 4.69) is 10.2 Å². The smallest absolute Gasteiger partial charge is 0.302 e. The number of hydrogen-bond donors (Lipinski definition) is 2. The SMILES string of the molecule is O=c1cc(CCc2ccc(Cl)cc2F)[nH][nH]c1=O. The third-order valence-electron chi connectivity index (χ3n) is 2.54. The number of nitrogens with one attached hydrogen (secondary N) is 2. The lowest BCUT2D eigenvalue weighted by atomic mass is 10.1. The number of rotatable bonds is 3. The Labute approximate surface area is 106 Å². The van der Waals surface area contributed by atoms with Crippen molar-refractivity contribution in [1.82, 2.24) is 10.2 Å². The van der Waals surface area contributed by atoms with Crippen LogP contribution in [0.15, 0.2) is 33.9 Å². The summed E-state index contributed by atoms with van der Waals surface area (Å²) < 4.78 is 13.5. The molecule has 0 bridgehead atoms. The molecule has 4 nitrogen and oxygen atoms in total. The van der Waals surface area contributed by atoms with Crippen molar-refractivity contribution < 1.29 is 4.39 Å². The lowest BCUT2D eigenvalue weighted by molar-refractivity contribution is 0.607. The molecule has 1 aromatic carbocycles. The molecule has 18 heavy (non-hydrogen) atoms. The fraction of sp³-hybridized carbons (Fsp3) is 0.167. The van der Waals surface area contributed by atoms with E-state index < -0.39 is 11.0 Å². The average molecular weight is 269 g/mol. The Balaban J connectivity index is 2.13. The molecule has 0 amide bonds. The second kappa shape index (κ2) is 5.18.